The highest BCUT2D eigenvalue weighted by molar-refractivity contribution is 7.80. The van der Waals surface area contributed by atoms with Gasteiger partial charge in [-0.2, -0.15) is 0 Å². The molecule has 2 nitrogen and oxygen atoms in total. The normalized spacial score (nSPS) is 27.6. The smallest absolute Gasteiger partial charge is 0.171 e. The topological polar surface area (TPSA) is 24.1 Å². The molecule has 1 saturated carbocycles. The van der Waals surface area contributed by atoms with Crippen LogP contribution in [0.4, 0.5) is 5.69 Å². The lowest BCUT2D eigenvalue weighted by Gasteiger charge is -2.35. The third-order valence-corrected chi connectivity index (χ3v) is 4.27. The van der Waals surface area contributed by atoms with E-state index < -0.39 is 0 Å². The number of para-hydroxylation sites is 1. The lowest BCUT2D eigenvalue weighted by atomic mass is 9.78. The number of benzene rings is 1. The lowest BCUT2D eigenvalue weighted by Crippen LogP contribution is -2.45. The van der Waals surface area contributed by atoms with Crippen molar-refractivity contribution < 1.29 is 0 Å². The molecule has 2 N–H and O–H groups in total. The molecule has 3 atom stereocenters. The molecule has 0 bridgehead atoms. The Bertz CT molecular complexity index is 391. The molecule has 0 saturated heterocycles. The van der Waals surface area contributed by atoms with Crippen LogP contribution in [0.3, 0.4) is 0 Å². The van der Waals surface area contributed by atoms with Gasteiger partial charge in [0.05, 0.1) is 0 Å². The molecule has 98 valence electrons. The van der Waals surface area contributed by atoms with Crippen molar-refractivity contribution in [2.24, 2.45) is 11.8 Å². The minimum atomic E-state index is 0.512. The van der Waals surface area contributed by atoms with Crippen molar-refractivity contribution in [3.05, 3.63) is 30.3 Å². The van der Waals surface area contributed by atoms with Gasteiger partial charge in [0.1, 0.15) is 0 Å². The fraction of sp³-hybridized carbons (Fsp3) is 0.533. The van der Waals surface area contributed by atoms with Crippen LogP contribution in [0.1, 0.15) is 33.1 Å². The zero-order chi connectivity index (χ0) is 13.0. The standard InChI is InChI=1S/C15H22N2S/c1-11-7-6-10-14(12(11)2)17-15(18)16-13-8-4-3-5-9-13/h3-5,8-9,11-12,14H,6-7,10H2,1-2H3,(H2,16,17,18)/t11-,12+,14+/m0/s1. The highest BCUT2D eigenvalue weighted by Gasteiger charge is 2.27. The average Bonchev–Trinajstić information content (AvgIpc) is 2.36. The molecule has 1 fully saturated rings. The summed E-state index contributed by atoms with van der Waals surface area (Å²) in [4.78, 5) is 0. The van der Waals surface area contributed by atoms with Gasteiger partial charge in [-0.15, -0.1) is 0 Å². The molecule has 1 aromatic rings. The first-order valence-corrected chi connectivity index (χ1v) is 7.20. The third-order valence-electron chi connectivity index (χ3n) is 4.05. The van der Waals surface area contributed by atoms with Crippen LogP contribution < -0.4 is 10.6 Å². The number of hydrogen-bond acceptors (Lipinski definition) is 1. The molecule has 1 aliphatic carbocycles. The van der Waals surface area contributed by atoms with Gasteiger partial charge in [0.25, 0.3) is 0 Å². The van der Waals surface area contributed by atoms with Crippen LogP contribution in [-0.2, 0) is 0 Å². The maximum absolute atomic E-state index is 5.39. The van der Waals surface area contributed by atoms with Gasteiger partial charge < -0.3 is 10.6 Å². The van der Waals surface area contributed by atoms with Crippen molar-refractivity contribution in [3.8, 4) is 0 Å². The quantitative estimate of drug-likeness (QED) is 0.793. The van der Waals surface area contributed by atoms with E-state index in [4.69, 9.17) is 12.2 Å². The highest BCUT2D eigenvalue weighted by atomic mass is 32.1. The van der Waals surface area contributed by atoms with E-state index >= 15 is 0 Å². The van der Waals surface area contributed by atoms with Crippen LogP contribution in [-0.4, -0.2) is 11.2 Å². The van der Waals surface area contributed by atoms with Gasteiger partial charge in [0.2, 0.25) is 0 Å². The zero-order valence-electron chi connectivity index (χ0n) is 11.1. The summed E-state index contributed by atoms with van der Waals surface area (Å²) in [5, 5.41) is 7.46. The first-order valence-electron chi connectivity index (χ1n) is 6.79. The van der Waals surface area contributed by atoms with Crippen molar-refractivity contribution in [3.63, 3.8) is 0 Å². The summed E-state index contributed by atoms with van der Waals surface area (Å²) in [6.07, 6.45) is 3.87. The van der Waals surface area contributed by atoms with Gasteiger partial charge in [0, 0.05) is 11.7 Å². The minimum absolute atomic E-state index is 0.512. The van der Waals surface area contributed by atoms with Crippen LogP contribution in [0.25, 0.3) is 0 Å². The Morgan fingerprint density at radius 1 is 1.17 bits per heavy atom. The van der Waals surface area contributed by atoms with Crippen molar-refractivity contribution in [1.29, 1.82) is 0 Å². The number of nitrogens with one attached hydrogen (secondary N) is 2. The Hall–Kier alpha value is -1.09. The molecule has 2 rings (SSSR count). The minimum Gasteiger partial charge on any atom is -0.359 e. The monoisotopic (exact) mass is 262 g/mol. The first kappa shape index (κ1) is 13.3. The van der Waals surface area contributed by atoms with Crippen molar-refractivity contribution in [2.75, 3.05) is 5.32 Å². The molecule has 1 aliphatic rings. The summed E-state index contributed by atoms with van der Waals surface area (Å²) in [5.74, 6) is 1.48. The van der Waals surface area contributed by atoms with Gasteiger partial charge in [0.15, 0.2) is 5.11 Å². The molecule has 3 heteroatoms. The molecule has 0 radical (unpaired) electrons. The highest BCUT2D eigenvalue weighted by Crippen LogP contribution is 2.29. The molecule has 0 aliphatic heterocycles. The maximum atomic E-state index is 5.39. The summed E-state index contributed by atoms with van der Waals surface area (Å²) >= 11 is 5.39. The zero-order valence-corrected chi connectivity index (χ0v) is 12.0. The largest absolute Gasteiger partial charge is 0.359 e. The van der Waals surface area contributed by atoms with E-state index in [0.717, 1.165) is 16.7 Å². The van der Waals surface area contributed by atoms with E-state index in [1.54, 1.807) is 0 Å². The summed E-state index contributed by atoms with van der Waals surface area (Å²) in [6.45, 7) is 4.67. The third kappa shape index (κ3) is 3.45. The molecule has 1 aromatic carbocycles. The van der Waals surface area contributed by atoms with E-state index in [2.05, 4.69) is 24.5 Å². The van der Waals surface area contributed by atoms with E-state index in [0.29, 0.717) is 12.0 Å². The van der Waals surface area contributed by atoms with Crippen LogP contribution in [0.2, 0.25) is 0 Å². The summed E-state index contributed by atoms with van der Waals surface area (Å²) in [5.41, 5.74) is 1.05. The molecule has 0 aromatic heterocycles. The molecule has 0 amide bonds. The fourth-order valence-electron chi connectivity index (χ4n) is 2.64. The van der Waals surface area contributed by atoms with Gasteiger partial charge in [-0.05, 0) is 42.6 Å². The number of anilines is 1. The van der Waals surface area contributed by atoms with Gasteiger partial charge >= 0.3 is 0 Å². The van der Waals surface area contributed by atoms with Crippen LogP contribution >= 0.6 is 12.2 Å². The molecule has 0 spiro atoms. The Morgan fingerprint density at radius 3 is 2.61 bits per heavy atom. The predicted molar refractivity (Wildman–Crippen MR) is 81.8 cm³/mol. The predicted octanol–water partition coefficient (Wildman–Crippen LogP) is 3.80. The van der Waals surface area contributed by atoms with Crippen LogP contribution in [0, 0.1) is 11.8 Å². The van der Waals surface area contributed by atoms with Gasteiger partial charge in [-0.3, -0.25) is 0 Å². The molecular weight excluding hydrogens is 240 g/mol. The molecular formula is C15H22N2S. The molecule has 18 heavy (non-hydrogen) atoms. The molecule has 0 heterocycles. The fourth-order valence-corrected chi connectivity index (χ4v) is 2.91. The second kappa shape index (κ2) is 6.19. The Kier molecular flexibility index (Phi) is 4.59. The number of rotatable bonds is 2. The van der Waals surface area contributed by atoms with Crippen LogP contribution in [0.5, 0.6) is 0 Å². The second-order valence-electron chi connectivity index (χ2n) is 5.34. The number of hydrogen-bond donors (Lipinski definition) is 2. The van der Waals surface area contributed by atoms with Gasteiger partial charge in [-0.25, -0.2) is 0 Å². The van der Waals surface area contributed by atoms with E-state index in [-0.39, 0.29) is 0 Å². The molecule has 0 unspecified atom stereocenters. The Balaban J connectivity index is 1.87. The van der Waals surface area contributed by atoms with E-state index in [1.165, 1.54) is 19.3 Å². The van der Waals surface area contributed by atoms with Crippen molar-refractivity contribution in [2.45, 2.75) is 39.2 Å². The van der Waals surface area contributed by atoms with E-state index in [9.17, 15) is 0 Å². The van der Waals surface area contributed by atoms with E-state index in [1.807, 2.05) is 30.3 Å². The second-order valence-corrected chi connectivity index (χ2v) is 5.75. The van der Waals surface area contributed by atoms with Gasteiger partial charge in [-0.1, -0.05) is 44.9 Å². The SMILES string of the molecule is C[C@@H]1[C@@H](C)CCC[C@H]1NC(=S)Nc1ccccc1. The lowest BCUT2D eigenvalue weighted by molar-refractivity contribution is 0.225. The maximum Gasteiger partial charge on any atom is 0.171 e. The first-order chi connectivity index (χ1) is 8.66. The summed E-state index contributed by atoms with van der Waals surface area (Å²) in [7, 11) is 0. The van der Waals surface area contributed by atoms with Crippen molar-refractivity contribution >= 4 is 23.0 Å². The van der Waals surface area contributed by atoms with Crippen molar-refractivity contribution in [1.82, 2.24) is 5.32 Å². The Labute approximate surface area is 115 Å². The van der Waals surface area contributed by atoms with Crippen LogP contribution in [0.15, 0.2) is 30.3 Å². The summed E-state index contributed by atoms with van der Waals surface area (Å²) in [6, 6.07) is 10.6. The summed E-state index contributed by atoms with van der Waals surface area (Å²) < 4.78 is 0. The Morgan fingerprint density at radius 2 is 1.89 bits per heavy atom. The number of thiocarbonyl (C=S) groups is 1. The average molecular weight is 262 g/mol.